The fraction of sp³-hybridized carbons (Fsp3) is 0.544. The molecule has 0 aliphatic rings. The van der Waals surface area contributed by atoms with E-state index in [-0.39, 0.29) is 38.6 Å². The van der Waals surface area contributed by atoms with E-state index in [2.05, 4.69) is 245 Å². The van der Waals surface area contributed by atoms with Gasteiger partial charge in [-0.1, -0.05) is 315 Å². The number of likely N-dealkylation sites (N-methyl/N-ethyl adjacent to an activating group) is 1. The van der Waals surface area contributed by atoms with Gasteiger partial charge >= 0.3 is 17.9 Å². The molecule has 0 fully saturated rings. The van der Waals surface area contributed by atoms with Gasteiger partial charge < -0.3 is 28.5 Å². The minimum atomic E-state index is -1.54. The highest BCUT2D eigenvalue weighted by Crippen LogP contribution is 2.15. The van der Waals surface area contributed by atoms with Crippen molar-refractivity contribution in [3.05, 3.63) is 231 Å². The second-order valence-corrected chi connectivity index (χ2v) is 25.8. The van der Waals surface area contributed by atoms with Crippen LogP contribution in [-0.4, -0.2) is 87.4 Å². The van der Waals surface area contributed by atoms with Crippen molar-refractivity contribution in [3.8, 4) is 0 Å². The fourth-order valence-corrected chi connectivity index (χ4v) is 9.62. The Hall–Kier alpha value is -6.65. The molecule has 2 unspecified atom stereocenters. The molecule has 0 amide bonds. The SMILES string of the molecule is CC/C=C\C/C=C\C/C=C\C/C=C\C/C=C\C/C=C\C/C=C\C/C=C\C/C=C\C/C=C\CCCCC(=O)OC(COC(=O)CCCCCCCCCCCCCCC/C=C\C/C=C\C/C=C\C/C=C\C/C=C\C/C=C\C/C=C\C/C=C\C/C=C\CC)COC(OCC[N+](C)(C)C)C(=O)O. The van der Waals surface area contributed by atoms with Crippen molar-refractivity contribution < 1.29 is 42.9 Å². The van der Waals surface area contributed by atoms with E-state index in [1.54, 1.807) is 0 Å². The Morgan fingerprint density at radius 3 is 0.828 bits per heavy atom. The van der Waals surface area contributed by atoms with E-state index >= 15 is 0 Å². The average Bonchev–Trinajstić information content (AvgIpc) is 1.57. The number of carbonyl (C=O) groups excluding carboxylic acids is 2. The quantitative estimate of drug-likeness (QED) is 0.0211. The van der Waals surface area contributed by atoms with Crippen LogP contribution in [0.5, 0.6) is 0 Å². The van der Waals surface area contributed by atoms with Gasteiger partial charge in [-0.25, -0.2) is 4.79 Å². The number of carboxylic acids is 1. The molecule has 0 aromatic rings. The number of quaternary nitrogens is 1. The standard InChI is InChI=1S/C90H139NO8/c1-6-8-10-12-14-16-18-20-22-24-26-28-30-32-34-36-38-40-41-42-43-44-45-46-47-49-50-52-54-56-58-60-62-64-66-68-70-72-74-76-78-80-87(92)97-84-86(85-98-90(89(94)95)96-83-82-91(3,4)5)99-88(93)81-79-77-75-73-71-69-67-65-63-61-59-57-55-53-51-48-39-37-35-33-31-29-27-25-23-21-19-17-15-13-11-9-7-2/h8-11,14-17,20-23,26-29,32-35,38-40,42-43,45-46,48-50,53,55,59,61,65,67,71,73,86,90H,6-7,12-13,18-19,24-25,30-31,36-37,41,44,47,51-52,54,56-58,60,62-64,66,68-70,72,74-85H2,1-5H3/p+1/b10-8-,11-9-,16-14-,17-15-,22-20-,23-21-,28-26-,29-27-,34-32-,35-33-,40-38-,43-42-,46-45-,48-39-,50-49-,55-53-,61-59-,67-65-,73-71-. The molecule has 0 aromatic heterocycles. The smallest absolute Gasteiger partial charge is 0.361 e. The number of hydrogen-bond acceptors (Lipinski definition) is 7. The van der Waals surface area contributed by atoms with E-state index in [4.69, 9.17) is 18.9 Å². The van der Waals surface area contributed by atoms with E-state index in [0.29, 0.717) is 17.4 Å². The maximum atomic E-state index is 13.0. The maximum Gasteiger partial charge on any atom is 0.361 e. The van der Waals surface area contributed by atoms with Gasteiger partial charge in [0.25, 0.3) is 6.29 Å². The summed E-state index contributed by atoms with van der Waals surface area (Å²) in [5, 5.41) is 9.76. The second-order valence-electron chi connectivity index (χ2n) is 25.8. The van der Waals surface area contributed by atoms with Gasteiger partial charge in [-0.3, -0.25) is 9.59 Å². The number of allylic oxidation sites excluding steroid dienone is 38. The molecule has 0 aliphatic carbocycles. The van der Waals surface area contributed by atoms with E-state index in [9.17, 15) is 19.5 Å². The molecule has 99 heavy (non-hydrogen) atoms. The zero-order valence-corrected chi connectivity index (χ0v) is 63.0. The van der Waals surface area contributed by atoms with Gasteiger partial charge in [-0.05, 0) is 161 Å². The molecule has 0 rings (SSSR count). The number of nitrogens with zero attached hydrogens (tertiary/aromatic N) is 1. The van der Waals surface area contributed by atoms with Crippen molar-refractivity contribution in [2.75, 3.05) is 47.5 Å². The predicted octanol–water partition coefficient (Wildman–Crippen LogP) is 25.0. The van der Waals surface area contributed by atoms with Crippen LogP contribution in [0.1, 0.15) is 258 Å². The highest BCUT2D eigenvalue weighted by Gasteiger charge is 2.25. The van der Waals surface area contributed by atoms with Crippen molar-refractivity contribution in [1.29, 1.82) is 0 Å². The first-order valence-electron chi connectivity index (χ1n) is 38.5. The van der Waals surface area contributed by atoms with Gasteiger partial charge in [0.15, 0.2) is 6.10 Å². The number of carboxylic acid groups (broad SMARTS) is 1. The molecule has 9 heteroatoms. The normalized spacial score (nSPS) is 14.0. The van der Waals surface area contributed by atoms with Gasteiger partial charge in [0.2, 0.25) is 0 Å². The van der Waals surface area contributed by atoms with Gasteiger partial charge in [0.05, 0.1) is 34.4 Å². The Bertz CT molecular complexity index is 2490. The summed E-state index contributed by atoms with van der Waals surface area (Å²) in [7, 11) is 5.95. The summed E-state index contributed by atoms with van der Waals surface area (Å²) < 4.78 is 22.9. The Morgan fingerprint density at radius 1 is 0.303 bits per heavy atom. The molecule has 9 nitrogen and oxygen atoms in total. The Kier molecular flexibility index (Phi) is 71.9. The van der Waals surface area contributed by atoms with E-state index in [1.165, 1.54) is 64.2 Å². The molecule has 0 bridgehead atoms. The molecule has 0 aromatic carbocycles. The molecule has 1 N–H and O–H groups in total. The lowest BCUT2D eigenvalue weighted by Crippen LogP contribution is -2.40. The monoisotopic (exact) mass is 1360 g/mol. The van der Waals surface area contributed by atoms with Crippen LogP contribution in [-0.2, 0) is 33.3 Å². The Morgan fingerprint density at radius 2 is 0.545 bits per heavy atom. The summed E-state index contributed by atoms with van der Waals surface area (Å²) in [6.07, 6.45) is 120. The number of ether oxygens (including phenoxy) is 4. The lowest BCUT2D eigenvalue weighted by atomic mass is 10.0. The van der Waals surface area contributed by atoms with Crippen molar-refractivity contribution in [2.24, 2.45) is 0 Å². The van der Waals surface area contributed by atoms with Crippen molar-refractivity contribution in [2.45, 2.75) is 270 Å². The Labute approximate surface area is 606 Å². The highest BCUT2D eigenvalue weighted by atomic mass is 16.7. The van der Waals surface area contributed by atoms with Gasteiger partial charge in [0.1, 0.15) is 13.2 Å². The summed E-state index contributed by atoms with van der Waals surface area (Å²) >= 11 is 0. The van der Waals surface area contributed by atoms with Crippen LogP contribution >= 0.6 is 0 Å². The largest absolute Gasteiger partial charge is 0.477 e. The summed E-state index contributed by atoms with van der Waals surface area (Å²) in [6, 6.07) is 0. The summed E-state index contributed by atoms with van der Waals surface area (Å²) in [6.45, 7) is 4.57. The zero-order chi connectivity index (χ0) is 71.8. The average molecular weight is 1360 g/mol. The molecule has 0 heterocycles. The highest BCUT2D eigenvalue weighted by molar-refractivity contribution is 5.71. The molecular weight excluding hydrogens is 1220 g/mol. The lowest BCUT2D eigenvalue weighted by molar-refractivity contribution is -0.870. The molecule has 0 saturated heterocycles. The van der Waals surface area contributed by atoms with Crippen molar-refractivity contribution in [1.82, 2.24) is 0 Å². The van der Waals surface area contributed by atoms with Crippen LogP contribution in [0.25, 0.3) is 0 Å². The first-order valence-corrected chi connectivity index (χ1v) is 38.5. The third-order valence-electron chi connectivity index (χ3n) is 15.4. The van der Waals surface area contributed by atoms with Crippen LogP contribution < -0.4 is 0 Å². The third kappa shape index (κ3) is 78.6. The molecule has 0 saturated carbocycles. The Balaban J connectivity index is 4.21. The minimum absolute atomic E-state index is 0.167. The van der Waals surface area contributed by atoms with Crippen molar-refractivity contribution in [3.63, 3.8) is 0 Å². The van der Waals surface area contributed by atoms with Gasteiger partial charge in [-0.2, -0.15) is 0 Å². The molecule has 552 valence electrons. The predicted molar refractivity (Wildman–Crippen MR) is 428 cm³/mol. The second kappa shape index (κ2) is 77.1. The number of carbonyl (C=O) groups is 3. The van der Waals surface area contributed by atoms with E-state index < -0.39 is 24.3 Å². The number of esters is 2. The molecule has 0 radical (unpaired) electrons. The first kappa shape index (κ1) is 92.4. The maximum absolute atomic E-state index is 13.0. The van der Waals surface area contributed by atoms with Crippen LogP contribution in [0.15, 0.2) is 231 Å². The first-order chi connectivity index (χ1) is 48.6. The number of hydrogen-bond donors (Lipinski definition) is 1. The topological polar surface area (TPSA) is 108 Å². The van der Waals surface area contributed by atoms with Crippen LogP contribution in [0, 0.1) is 0 Å². The van der Waals surface area contributed by atoms with E-state index in [1.807, 2.05) is 21.1 Å². The summed E-state index contributed by atoms with van der Waals surface area (Å²) in [5.74, 6) is -2.09. The van der Waals surface area contributed by atoms with Crippen LogP contribution in [0.4, 0.5) is 0 Å². The lowest BCUT2D eigenvalue weighted by Gasteiger charge is -2.25. The van der Waals surface area contributed by atoms with Gasteiger partial charge in [-0.15, -0.1) is 0 Å². The molecule has 0 aliphatic heterocycles. The fourth-order valence-electron chi connectivity index (χ4n) is 9.62. The van der Waals surface area contributed by atoms with E-state index in [0.717, 1.165) is 161 Å². The van der Waals surface area contributed by atoms with Crippen molar-refractivity contribution >= 4 is 17.9 Å². The molecule has 0 spiro atoms. The number of rotatable bonds is 68. The molecule has 2 atom stereocenters. The number of unbranched alkanes of at least 4 members (excludes halogenated alkanes) is 15. The third-order valence-corrected chi connectivity index (χ3v) is 15.4. The van der Waals surface area contributed by atoms with Gasteiger partial charge in [0, 0.05) is 12.8 Å². The minimum Gasteiger partial charge on any atom is -0.477 e. The zero-order valence-electron chi connectivity index (χ0n) is 63.0. The van der Waals surface area contributed by atoms with Crippen LogP contribution in [0.3, 0.4) is 0 Å². The van der Waals surface area contributed by atoms with Crippen LogP contribution in [0.2, 0.25) is 0 Å². The molecular formula is C90H140NO8+. The summed E-state index contributed by atoms with van der Waals surface area (Å²) in [4.78, 5) is 37.7. The number of aliphatic carboxylic acids is 1. The summed E-state index contributed by atoms with van der Waals surface area (Å²) in [5.41, 5.74) is 0.